The number of rotatable bonds is 5. The van der Waals surface area contributed by atoms with E-state index >= 15 is 0 Å². The molecule has 33 heavy (non-hydrogen) atoms. The Balaban J connectivity index is 1.27. The Morgan fingerprint density at radius 2 is 1.39 bits per heavy atom. The van der Waals surface area contributed by atoms with Gasteiger partial charge in [0.25, 0.3) is 0 Å². The SMILES string of the molecule is Cc1ccccc1CC(=O)N1CCN(c2ccc(NC(=O)Nc3ccccc3C)cc2)CC1. The second-order valence-electron chi connectivity index (χ2n) is 8.41. The molecule has 1 saturated heterocycles. The van der Waals surface area contributed by atoms with E-state index < -0.39 is 0 Å². The number of hydrogen-bond donors (Lipinski definition) is 2. The molecule has 3 aromatic carbocycles. The number of carbonyl (C=O) groups excluding carboxylic acids is 2. The van der Waals surface area contributed by atoms with Gasteiger partial charge in [-0.3, -0.25) is 4.79 Å². The van der Waals surface area contributed by atoms with Crippen molar-refractivity contribution < 1.29 is 9.59 Å². The Kier molecular flexibility index (Phi) is 6.93. The van der Waals surface area contributed by atoms with Gasteiger partial charge < -0.3 is 20.4 Å². The van der Waals surface area contributed by atoms with Gasteiger partial charge in [-0.1, -0.05) is 42.5 Å². The Labute approximate surface area is 195 Å². The van der Waals surface area contributed by atoms with Gasteiger partial charge in [0.15, 0.2) is 0 Å². The predicted octanol–water partition coefficient (Wildman–Crippen LogP) is 4.84. The number of aryl methyl sites for hydroxylation is 2. The molecule has 0 aliphatic carbocycles. The number of carbonyl (C=O) groups is 2. The van der Waals surface area contributed by atoms with E-state index in [0.717, 1.165) is 46.8 Å². The lowest BCUT2D eigenvalue weighted by Crippen LogP contribution is -2.49. The summed E-state index contributed by atoms with van der Waals surface area (Å²) in [6.45, 7) is 7.01. The fourth-order valence-electron chi connectivity index (χ4n) is 4.05. The quantitative estimate of drug-likeness (QED) is 0.594. The van der Waals surface area contributed by atoms with E-state index in [-0.39, 0.29) is 11.9 Å². The summed E-state index contributed by atoms with van der Waals surface area (Å²) in [7, 11) is 0. The van der Waals surface area contributed by atoms with Crippen molar-refractivity contribution in [3.63, 3.8) is 0 Å². The molecule has 0 saturated carbocycles. The van der Waals surface area contributed by atoms with E-state index in [9.17, 15) is 9.59 Å². The van der Waals surface area contributed by atoms with Crippen LogP contribution in [0, 0.1) is 13.8 Å². The molecule has 6 heteroatoms. The first-order valence-electron chi connectivity index (χ1n) is 11.3. The normalized spacial score (nSPS) is 13.5. The summed E-state index contributed by atoms with van der Waals surface area (Å²) in [6.07, 6.45) is 0.456. The van der Waals surface area contributed by atoms with Crippen molar-refractivity contribution in [1.29, 1.82) is 0 Å². The molecule has 0 radical (unpaired) electrons. The number of nitrogens with one attached hydrogen (secondary N) is 2. The first kappa shape index (κ1) is 22.4. The Morgan fingerprint density at radius 3 is 2.06 bits per heavy atom. The van der Waals surface area contributed by atoms with E-state index in [1.165, 1.54) is 0 Å². The van der Waals surface area contributed by atoms with Crippen LogP contribution in [0.25, 0.3) is 0 Å². The highest BCUT2D eigenvalue weighted by Crippen LogP contribution is 2.21. The van der Waals surface area contributed by atoms with E-state index in [1.54, 1.807) is 0 Å². The van der Waals surface area contributed by atoms with Crippen LogP contribution in [-0.2, 0) is 11.2 Å². The Hall–Kier alpha value is -3.80. The minimum atomic E-state index is -0.266. The standard InChI is InChI=1S/C27H30N4O2/c1-20-7-3-5-9-22(20)19-26(32)31-17-15-30(16-18-31)24-13-11-23(12-14-24)28-27(33)29-25-10-6-4-8-21(25)2/h3-14H,15-19H2,1-2H3,(H2,28,29,33). The van der Waals surface area contributed by atoms with Crippen LogP contribution in [0.3, 0.4) is 0 Å². The fourth-order valence-corrected chi connectivity index (χ4v) is 4.05. The third kappa shape index (κ3) is 5.71. The predicted molar refractivity (Wildman–Crippen MR) is 134 cm³/mol. The van der Waals surface area contributed by atoms with Crippen LogP contribution in [0.1, 0.15) is 16.7 Å². The zero-order valence-corrected chi connectivity index (χ0v) is 19.2. The largest absolute Gasteiger partial charge is 0.368 e. The Bertz CT molecular complexity index is 1120. The third-order valence-corrected chi connectivity index (χ3v) is 6.12. The van der Waals surface area contributed by atoms with Crippen molar-refractivity contribution >= 4 is 29.0 Å². The Morgan fingerprint density at radius 1 is 0.758 bits per heavy atom. The van der Waals surface area contributed by atoms with E-state index in [0.29, 0.717) is 19.5 Å². The molecule has 0 bridgehead atoms. The van der Waals surface area contributed by atoms with Gasteiger partial charge in [0.05, 0.1) is 6.42 Å². The monoisotopic (exact) mass is 442 g/mol. The smallest absolute Gasteiger partial charge is 0.323 e. The third-order valence-electron chi connectivity index (χ3n) is 6.12. The first-order valence-corrected chi connectivity index (χ1v) is 11.3. The summed E-state index contributed by atoms with van der Waals surface area (Å²) in [5.41, 5.74) is 5.88. The van der Waals surface area contributed by atoms with Crippen LogP contribution in [0.4, 0.5) is 21.9 Å². The maximum absolute atomic E-state index is 12.7. The molecule has 0 spiro atoms. The molecule has 3 aromatic rings. The summed E-state index contributed by atoms with van der Waals surface area (Å²) in [5, 5.41) is 5.75. The zero-order chi connectivity index (χ0) is 23.2. The maximum Gasteiger partial charge on any atom is 0.323 e. The van der Waals surface area contributed by atoms with Gasteiger partial charge in [0.2, 0.25) is 5.91 Å². The number of piperazine rings is 1. The van der Waals surface area contributed by atoms with Gasteiger partial charge in [-0.2, -0.15) is 0 Å². The minimum absolute atomic E-state index is 0.183. The number of benzene rings is 3. The van der Waals surface area contributed by atoms with E-state index in [4.69, 9.17) is 0 Å². The minimum Gasteiger partial charge on any atom is -0.368 e. The number of hydrogen-bond acceptors (Lipinski definition) is 3. The molecular weight excluding hydrogens is 412 g/mol. The van der Waals surface area contributed by atoms with Crippen LogP contribution in [0.2, 0.25) is 0 Å². The number of para-hydroxylation sites is 1. The first-order chi connectivity index (χ1) is 16.0. The molecule has 1 aliphatic heterocycles. The molecule has 6 nitrogen and oxygen atoms in total. The average Bonchev–Trinajstić information content (AvgIpc) is 2.83. The number of amides is 3. The van der Waals surface area contributed by atoms with Gasteiger partial charge in [-0.05, 0) is 60.9 Å². The van der Waals surface area contributed by atoms with Gasteiger partial charge in [-0.25, -0.2) is 4.79 Å². The van der Waals surface area contributed by atoms with Crippen LogP contribution in [0.5, 0.6) is 0 Å². The zero-order valence-electron chi connectivity index (χ0n) is 19.2. The topological polar surface area (TPSA) is 64.7 Å². The summed E-state index contributed by atoms with van der Waals surface area (Å²) < 4.78 is 0. The number of nitrogens with zero attached hydrogens (tertiary/aromatic N) is 2. The van der Waals surface area contributed by atoms with Crippen LogP contribution >= 0.6 is 0 Å². The second kappa shape index (κ2) is 10.2. The molecule has 1 heterocycles. The van der Waals surface area contributed by atoms with Crippen LogP contribution < -0.4 is 15.5 Å². The summed E-state index contributed by atoms with van der Waals surface area (Å²) in [6, 6.07) is 23.3. The number of urea groups is 1. The second-order valence-corrected chi connectivity index (χ2v) is 8.41. The summed E-state index contributed by atoms with van der Waals surface area (Å²) >= 11 is 0. The fraction of sp³-hybridized carbons (Fsp3) is 0.259. The van der Waals surface area contributed by atoms with Gasteiger partial charge in [0, 0.05) is 43.2 Å². The van der Waals surface area contributed by atoms with Crippen molar-refractivity contribution in [2.24, 2.45) is 0 Å². The van der Waals surface area contributed by atoms with Crippen molar-refractivity contribution in [3.8, 4) is 0 Å². The van der Waals surface area contributed by atoms with Crippen molar-refractivity contribution in [1.82, 2.24) is 4.90 Å². The van der Waals surface area contributed by atoms with Gasteiger partial charge in [0.1, 0.15) is 0 Å². The molecule has 170 valence electrons. The molecule has 3 amide bonds. The lowest BCUT2D eigenvalue weighted by Gasteiger charge is -2.36. The molecule has 0 aromatic heterocycles. The molecule has 2 N–H and O–H groups in total. The lowest BCUT2D eigenvalue weighted by atomic mass is 10.1. The highest BCUT2D eigenvalue weighted by molar-refractivity contribution is 6.00. The number of anilines is 3. The van der Waals surface area contributed by atoms with E-state index in [2.05, 4.69) is 15.5 Å². The molecule has 0 unspecified atom stereocenters. The van der Waals surface area contributed by atoms with Crippen molar-refractivity contribution in [2.75, 3.05) is 41.7 Å². The highest BCUT2D eigenvalue weighted by atomic mass is 16.2. The molecular formula is C27H30N4O2. The molecule has 4 rings (SSSR count). The van der Waals surface area contributed by atoms with E-state index in [1.807, 2.05) is 91.5 Å². The molecule has 1 fully saturated rings. The van der Waals surface area contributed by atoms with Gasteiger partial charge >= 0.3 is 6.03 Å². The van der Waals surface area contributed by atoms with Crippen LogP contribution in [-0.4, -0.2) is 43.0 Å². The molecule has 1 aliphatic rings. The summed E-state index contributed by atoms with van der Waals surface area (Å²) in [4.78, 5) is 29.3. The molecule has 0 atom stereocenters. The average molecular weight is 443 g/mol. The maximum atomic E-state index is 12.7. The van der Waals surface area contributed by atoms with Crippen LogP contribution in [0.15, 0.2) is 72.8 Å². The summed E-state index contributed by atoms with van der Waals surface area (Å²) in [5.74, 6) is 0.183. The highest BCUT2D eigenvalue weighted by Gasteiger charge is 2.21. The van der Waals surface area contributed by atoms with Crippen molar-refractivity contribution in [3.05, 3.63) is 89.5 Å². The van der Waals surface area contributed by atoms with Crippen molar-refractivity contribution in [2.45, 2.75) is 20.3 Å². The van der Waals surface area contributed by atoms with Gasteiger partial charge in [-0.15, -0.1) is 0 Å². The lowest BCUT2D eigenvalue weighted by molar-refractivity contribution is -0.130.